The Balaban J connectivity index is 1.63. The molecule has 1 fully saturated rings. The maximum atomic E-state index is 5.77. The Morgan fingerprint density at radius 3 is 2.80 bits per heavy atom. The van der Waals surface area contributed by atoms with Crippen molar-refractivity contribution in [2.75, 3.05) is 33.3 Å². The highest BCUT2D eigenvalue weighted by atomic mass is 16.5. The van der Waals surface area contributed by atoms with E-state index in [1.807, 2.05) is 12.1 Å². The van der Waals surface area contributed by atoms with E-state index < -0.39 is 0 Å². The maximum Gasteiger partial charge on any atom is 0.119 e. The van der Waals surface area contributed by atoms with Crippen molar-refractivity contribution in [1.29, 1.82) is 0 Å². The van der Waals surface area contributed by atoms with E-state index in [1.165, 1.54) is 31.5 Å². The molecule has 0 aromatic heterocycles. The van der Waals surface area contributed by atoms with Gasteiger partial charge >= 0.3 is 0 Å². The maximum absolute atomic E-state index is 5.77. The standard InChI is InChI=1S/C17H28N2O/c1-14-5-4-6-17(13-14)20-12-9-18-15(2)16-7-10-19(3)11-8-16/h4-6,13,15-16,18H,7-12H2,1-3H3. The largest absolute Gasteiger partial charge is 0.492 e. The zero-order valence-electron chi connectivity index (χ0n) is 13.1. The van der Waals surface area contributed by atoms with Crippen LogP contribution in [0.4, 0.5) is 0 Å². The van der Waals surface area contributed by atoms with Crippen LogP contribution in [0.25, 0.3) is 0 Å². The van der Waals surface area contributed by atoms with Crippen molar-refractivity contribution in [3.05, 3.63) is 29.8 Å². The molecule has 20 heavy (non-hydrogen) atoms. The first-order valence-corrected chi connectivity index (χ1v) is 7.76. The summed E-state index contributed by atoms with van der Waals surface area (Å²) in [5, 5.41) is 3.61. The van der Waals surface area contributed by atoms with Gasteiger partial charge in [0.2, 0.25) is 0 Å². The van der Waals surface area contributed by atoms with Crippen LogP contribution in [0.3, 0.4) is 0 Å². The van der Waals surface area contributed by atoms with Gasteiger partial charge in [0.25, 0.3) is 0 Å². The SMILES string of the molecule is Cc1cccc(OCCNC(C)C2CCN(C)CC2)c1. The van der Waals surface area contributed by atoms with Crippen LogP contribution in [0.1, 0.15) is 25.3 Å². The van der Waals surface area contributed by atoms with Crippen LogP contribution in [0.2, 0.25) is 0 Å². The molecule has 0 radical (unpaired) electrons. The zero-order valence-corrected chi connectivity index (χ0v) is 13.1. The van der Waals surface area contributed by atoms with Gasteiger partial charge in [0.05, 0.1) is 0 Å². The highest BCUT2D eigenvalue weighted by molar-refractivity contribution is 5.27. The van der Waals surface area contributed by atoms with Crippen LogP contribution >= 0.6 is 0 Å². The van der Waals surface area contributed by atoms with Gasteiger partial charge in [0.15, 0.2) is 0 Å². The molecule has 3 heteroatoms. The normalized spacial score (nSPS) is 18.9. The van der Waals surface area contributed by atoms with Gasteiger partial charge in [-0.2, -0.15) is 0 Å². The fourth-order valence-electron chi connectivity index (χ4n) is 2.86. The molecule has 1 atom stereocenters. The van der Waals surface area contributed by atoms with Gasteiger partial charge in [-0.15, -0.1) is 0 Å². The summed E-state index contributed by atoms with van der Waals surface area (Å²) in [4.78, 5) is 2.42. The lowest BCUT2D eigenvalue weighted by Crippen LogP contribution is -2.41. The van der Waals surface area contributed by atoms with E-state index in [1.54, 1.807) is 0 Å². The lowest BCUT2D eigenvalue weighted by Gasteiger charge is -2.33. The van der Waals surface area contributed by atoms with Gasteiger partial charge in [-0.05, 0) is 70.4 Å². The van der Waals surface area contributed by atoms with E-state index >= 15 is 0 Å². The Bertz CT molecular complexity index is 400. The third kappa shape index (κ3) is 4.80. The van der Waals surface area contributed by atoms with Crippen LogP contribution in [-0.2, 0) is 0 Å². The highest BCUT2D eigenvalue weighted by Gasteiger charge is 2.21. The Kier molecular flexibility index (Phi) is 5.86. The Morgan fingerprint density at radius 2 is 2.10 bits per heavy atom. The van der Waals surface area contributed by atoms with Gasteiger partial charge < -0.3 is 15.0 Å². The molecule has 1 N–H and O–H groups in total. The van der Waals surface area contributed by atoms with E-state index in [4.69, 9.17) is 4.74 Å². The molecule has 1 aliphatic heterocycles. The fraction of sp³-hybridized carbons (Fsp3) is 0.647. The molecule has 1 heterocycles. The monoisotopic (exact) mass is 276 g/mol. The second kappa shape index (κ2) is 7.65. The summed E-state index contributed by atoms with van der Waals surface area (Å²) in [6.07, 6.45) is 2.62. The van der Waals surface area contributed by atoms with Crippen LogP contribution in [0.5, 0.6) is 5.75 Å². The van der Waals surface area contributed by atoms with Crippen molar-refractivity contribution in [1.82, 2.24) is 10.2 Å². The van der Waals surface area contributed by atoms with Crippen molar-refractivity contribution >= 4 is 0 Å². The minimum atomic E-state index is 0.588. The summed E-state index contributed by atoms with van der Waals surface area (Å²) >= 11 is 0. The zero-order chi connectivity index (χ0) is 14.4. The van der Waals surface area contributed by atoms with Crippen LogP contribution in [-0.4, -0.2) is 44.2 Å². The van der Waals surface area contributed by atoms with Gasteiger partial charge in [0.1, 0.15) is 12.4 Å². The molecule has 0 saturated carbocycles. The van der Waals surface area contributed by atoms with Crippen molar-refractivity contribution in [3.8, 4) is 5.75 Å². The lowest BCUT2D eigenvalue weighted by molar-refractivity contribution is 0.186. The van der Waals surface area contributed by atoms with Crippen molar-refractivity contribution in [2.45, 2.75) is 32.7 Å². The molecule has 1 aromatic rings. The smallest absolute Gasteiger partial charge is 0.119 e. The van der Waals surface area contributed by atoms with E-state index in [2.05, 4.69) is 43.2 Å². The van der Waals surface area contributed by atoms with E-state index in [-0.39, 0.29) is 0 Å². The summed E-state index contributed by atoms with van der Waals surface area (Å²) < 4.78 is 5.77. The highest BCUT2D eigenvalue weighted by Crippen LogP contribution is 2.19. The van der Waals surface area contributed by atoms with E-state index in [9.17, 15) is 0 Å². The molecule has 0 bridgehead atoms. The van der Waals surface area contributed by atoms with Gasteiger partial charge in [0, 0.05) is 12.6 Å². The first-order valence-electron chi connectivity index (χ1n) is 7.76. The lowest BCUT2D eigenvalue weighted by atomic mass is 9.90. The quantitative estimate of drug-likeness (QED) is 0.809. The second-order valence-electron chi connectivity index (χ2n) is 6.05. The number of hydrogen-bond donors (Lipinski definition) is 1. The summed E-state index contributed by atoms with van der Waals surface area (Å²) in [6, 6.07) is 8.82. The van der Waals surface area contributed by atoms with E-state index in [0.29, 0.717) is 6.04 Å². The Morgan fingerprint density at radius 1 is 1.35 bits per heavy atom. The number of aryl methyl sites for hydroxylation is 1. The van der Waals surface area contributed by atoms with Gasteiger partial charge in [-0.25, -0.2) is 0 Å². The second-order valence-corrected chi connectivity index (χ2v) is 6.05. The van der Waals surface area contributed by atoms with Crippen molar-refractivity contribution in [3.63, 3.8) is 0 Å². The third-order valence-electron chi connectivity index (χ3n) is 4.30. The Labute approximate surface area is 123 Å². The van der Waals surface area contributed by atoms with Gasteiger partial charge in [-0.1, -0.05) is 12.1 Å². The number of nitrogens with zero attached hydrogens (tertiary/aromatic N) is 1. The molecule has 1 unspecified atom stereocenters. The number of ether oxygens (including phenoxy) is 1. The summed E-state index contributed by atoms with van der Waals surface area (Å²) in [5.41, 5.74) is 1.25. The molecule has 1 aliphatic rings. The van der Waals surface area contributed by atoms with Crippen molar-refractivity contribution < 1.29 is 4.74 Å². The molecule has 1 saturated heterocycles. The molecule has 0 aliphatic carbocycles. The molecule has 0 amide bonds. The predicted octanol–water partition coefficient (Wildman–Crippen LogP) is 2.69. The molecule has 1 aromatic carbocycles. The summed E-state index contributed by atoms with van der Waals surface area (Å²) in [6.45, 7) is 8.52. The number of piperidine rings is 1. The summed E-state index contributed by atoms with van der Waals surface area (Å²) in [7, 11) is 2.21. The molecule has 3 nitrogen and oxygen atoms in total. The van der Waals surface area contributed by atoms with Crippen molar-refractivity contribution in [2.24, 2.45) is 5.92 Å². The van der Waals surface area contributed by atoms with Crippen LogP contribution < -0.4 is 10.1 Å². The van der Waals surface area contributed by atoms with Gasteiger partial charge in [-0.3, -0.25) is 0 Å². The molecule has 2 rings (SSSR count). The average Bonchev–Trinajstić information content (AvgIpc) is 2.44. The minimum absolute atomic E-state index is 0.588. The van der Waals surface area contributed by atoms with Crippen LogP contribution in [0, 0.1) is 12.8 Å². The molecular weight excluding hydrogens is 248 g/mol. The number of hydrogen-bond acceptors (Lipinski definition) is 3. The van der Waals surface area contributed by atoms with E-state index in [0.717, 1.165) is 24.8 Å². The summed E-state index contributed by atoms with van der Waals surface area (Å²) in [5.74, 6) is 1.78. The Hall–Kier alpha value is -1.06. The number of nitrogens with one attached hydrogen (secondary N) is 1. The van der Waals surface area contributed by atoms with Crippen LogP contribution in [0.15, 0.2) is 24.3 Å². The average molecular weight is 276 g/mol. The molecule has 112 valence electrons. The first kappa shape index (κ1) is 15.3. The number of benzene rings is 1. The predicted molar refractivity (Wildman–Crippen MR) is 84.4 cm³/mol. The number of rotatable bonds is 6. The third-order valence-corrected chi connectivity index (χ3v) is 4.30. The topological polar surface area (TPSA) is 24.5 Å². The number of likely N-dealkylation sites (tertiary alicyclic amines) is 1. The molecule has 0 spiro atoms. The fourth-order valence-corrected chi connectivity index (χ4v) is 2.86. The molecular formula is C17H28N2O. The first-order chi connectivity index (χ1) is 9.65. The minimum Gasteiger partial charge on any atom is -0.492 e.